The third-order valence-electron chi connectivity index (χ3n) is 16.1. The maximum Gasteiger partial charge on any atom is 0.132 e. The maximum absolute atomic E-state index is 6.79. The molecule has 1 aliphatic carbocycles. The van der Waals surface area contributed by atoms with Crippen LogP contribution in [0.2, 0.25) is 0 Å². The first-order chi connectivity index (χ1) is 36.8. The van der Waals surface area contributed by atoms with Gasteiger partial charge in [-0.15, -0.1) is 0 Å². The highest BCUT2D eigenvalue weighted by Crippen LogP contribution is 2.52. The van der Waals surface area contributed by atoms with E-state index in [0.717, 1.165) is 50.8 Å². The molecular weight excluding hydrogens is 921 g/mol. The molecule has 2 atom stereocenters. The maximum atomic E-state index is 6.79. The molecule has 11 aromatic rings. The molecular formula is C73H62N2O. The van der Waals surface area contributed by atoms with E-state index in [0.29, 0.717) is 0 Å². The number of hydrogen-bond acceptors (Lipinski definition) is 2. The predicted octanol–water partition coefficient (Wildman–Crippen LogP) is 19.8. The molecule has 1 aromatic heterocycles. The van der Waals surface area contributed by atoms with E-state index in [4.69, 9.17) is 4.74 Å². The van der Waals surface area contributed by atoms with E-state index < -0.39 is 0 Å². The van der Waals surface area contributed by atoms with E-state index in [-0.39, 0.29) is 22.3 Å². The van der Waals surface area contributed by atoms with Gasteiger partial charge in [0.25, 0.3) is 0 Å². The number of para-hydroxylation sites is 5. The lowest BCUT2D eigenvalue weighted by molar-refractivity contribution is 0.228. The van der Waals surface area contributed by atoms with E-state index in [1.54, 1.807) is 0 Å². The highest BCUT2D eigenvalue weighted by molar-refractivity contribution is 6.14. The van der Waals surface area contributed by atoms with E-state index in [1.165, 1.54) is 71.5 Å². The average Bonchev–Trinajstić information content (AvgIpc) is 3.95. The first-order valence-corrected chi connectivity index (χ1v) is 26.9. The third kappa shape index (κ3) is 7.87. The van der Waals surface area contributed by atoms with Crippen LogP contribution < -0.4 is 9.64 Å². The van der Waals surface area contributed by atoms with Crippen molar-refractivity contribution < 1.29 is 4.74 Å². The second-order valence-electron chi connectivity index (χ2n) is 23.1. The molecule has 2 heterocycles. The van der Waals surface area contributed by atoms with Gasteiger partial charge in [-0.1, -0.05) is 230 Å². The van der Waals surface area contributed by atoms with Crippen LogP contribution >= 0.6 is 0 Å². The summed E-state index contributed by atoms with van der Waals surface area (Å²) in [5.41, 5.74) is 19.7. The summed E-state index contributed by atoms with van der Waals surface area (Å²) in [7, 11) is 0. The molecule has 0 bridgehead atoms. The minimum Gasteiger partial charge on any atom is -0.484 e. The molecule has 10 aromatic carbocycles. The number of anilines is 3. The smallest absolute Gasteiger partial charge is 0.132 e. The normalized spacial score (nSPS) is 16.0. The molecule has 0 radical (unpaired) electrons. The Morgan fingerprint density at radius 3 is 1.88 bits per heavy atom. The third-order valence-corrected chi connectivity index (χ3v) is 16.1. The zero-order valence-corrected chi connectivity index (χ0v) is 44.5. The van der Waals surface area contributed by atoms with Gasteiger partial charge in [-0.25, -0.2) is 0 Å². The van der Waals surface area contributed by atoms with E-state index in [2.05, 4.69) is 301 Å². The van der Waals surface area contributed by atoms with E-state index in [1.807, 2.05) is 0 Å². The zero-order valence-electron chi connectivity index (χ0n) is 44.5. The molecule has 3 heteroatoms. The number of allylic oxidation sites excluding steroid dienone is 2. The Kier molecular flexibility index (Phi) is 11.2. The Morgan fingerprint density at radius 2 is 1.11 bits per heavy atom. The van der Waals surface area contributed by atoms with Gasteiger partial charge in [-0.05, 0) is 122 Å². The molecule has 2 unspecified atom stereocenters. The fourth-order valence-electron chi connectivity index (χ4n) is 12.0. The minimum atomic E-state index is -0.211. The first kappa shape index (κ1) is 47.1. The Bertz CT molecular complexity index is 4080. The van der Waals surface area contributed by atoms with E-state index >= 15 is 0 Å². The van der Waals surface area contributed by atoms with Crippen LogP contribution in [0.5, 0.6) is 5.75 Å². The van der Waals surface area contributed by atoms with Crippen LogP contribution in [0.4, 0.5) is 17.1 Å². The summed E-state index contributed by atoms with van der Waals surface area (Å²) in [6.45, 7) is 16.2. The second-order valence-corrected chi connectivity index (χ2v) is 23.1. The largest absolute Gasteiger partial charge is 0.484 e. The van der Waals surface area contributed by atoms with Crippen molar-refractivity contribution in [1.82, 2.24) is 4.57 Å². The van der Waals surface area contributed by atoms with Gasteiger partial charge in [0.1, 0.15) is 11.9 Å². The zero-order chi connectivity index (χ0) is 51.9. The molecule has 1 aliphatic heterocycles. The number of aromatic nitrogens is 1. The molecule has 3 nitrogen and oxygen atoms in total. The Morgan fingerprint density at radius 1 is 0.474 bits per heavy atom. The van der Waals surface area contributed by atoms with Gasteiger partial charge in [-0.2, -0.15) is 0 Å². The Balaban J connectivity index is 1.02. The van der Waals surface area contributed by atoms with Crippen molar-refractivity contribution in [1.29, 1.82) is 0 Å². The van der Waals surface area contributed by atoms with Crippen molar-refractivity contribution in [2.75, 3.05) is 4.90 Å². The van der Waals surface area contributed by atoms with Gasteiger partial charge < -0.3 is 14.2 Å². The molecule has 0 amide bonds. The lowest BCUT2D eigenvalue weighted by Crippen LogP contribution is -2.32. The van der Waals surface area contributed by atoms with Crippen molar-refractivity contribution in [2.24, 2.45) is 0 Å². The van der Waals surface area contributed by atoms with Gasteiger partial charge in [0.2, 0.25) is 0 Å². The number of fused-ring (bicyclic) bond motifs is 7. The van der Waals surface area contributed by atoms with Crippen LogP contribution in [0.3, 0.4) is 0 Å². The molecule has 0 saturated carbocycles. The van der Waals surface area contributed by atoms with Gasteiger partial charge in [0, 0.05) is 50.1 Å². The van der Waals surface area contributed by atoms with Gasteiger partial charge in [0.15, 0.2) is 0 Å². The summed E-state index contributed by atoms with van der Waals surface area (Å²) >= 11 is 0. The minimum absolute atomic E-state index is 0.0247. The topological polar surface area (TPSA) is 17.4 Å². The average molecular weight is 983 g/mol. The summed E-state index contributed by atoms with van der Waals surface area (Å²) in [4.78, 5) is 2.46. The van der Waals surface area contributed by atoms with Crippen LogP contribution in [0.15, 0.2) is 243 Å². The lowest BCUT2D eigenvalue weighted by Gasteiger charge is -2.29. The number of nitrogens with zero attached hydrogens (tertiary/aromatic N) is 2. The molecule has 2 aliphatic rings. The van der Waals surface area contributed by atoms with E-state index in [9.17, 15) is 0 Å². The molecule has 0 saturated heterocycles. The van der Waals surface area contributed by atoms with Crippen LogP contribution in [-0.4, -0.2) is 10.7 Å². The molecule has 13 rings (SSSR count). The van der Waals surface area contributed by atoms with Crippen molar-refractivity contribution in [2.45, 2.75) is 70.8 Å². The molecule has 76 heavy (non-hydrogen) atoms. The highest BCUT2D eigenvalue weighted by atomic mass is 16.5. The summed E-state index contributed by atoms with van der Waals surface area (Å²) in [5.74, 6) is 0.963. The molecule has 0 spiro atoms. The summed E-state index contributed by atoms with van der Waals surface area (Å²) in [6, 6.07) is 81.1. The van der Waals surface area contributed by atoms with Crippen LogP contribution in [0.25, 0.3) is 82.8 Å². The monoisotopic (exact) mass is 982 g/mol. The van der Waals surface area contributed by atoms with Crippen LogP contribution in [0.1, 0.15) is 65.2 Å². The van der Waals surface area contributed by atoms with Gasteiger partial charge in [0.05, 0.1) is 22.1 Å². The SMILES string of the molecule is CC(C)(C)c1cc(-c2cccc3cccc(-c4ccccc4N(c4ccc(-c5cccc6c5OC5C=CC=CC65C)cc4)c4cccc(-c5cccc6c7ccccc7n(-c7ccccc7)c56)c4)c23)cc(C(C)(C)C)c1. The molecule has 0 fully saturated rings. The molecule has 0 N–H and O–H groups in total. The number of rotatable bonds is 8. The molecule has 370 valence electrons. The fraction of sp³-hybridized carbons (Fsp3) is 0.151. The summed E-state index contributed by atoms with van der Waals surface area (Å²) in [5, 5.41) is 4.91. The lowest BCUT2D eigenvalue weighted by atomic mass is 9.76. The Labute approximate surface area is 447 Å². The number of benzene rings is 10. The summed E-state index contributed by atoms with van der Waals surface area (Å²) < 4.78 is 9.23. The summed E-state index contributed by atoms with van der Waals surface area (Å²) in [6.07, 6.45) is 8.68. The first-order valence-electron chi connectivity index (χ1n) is 26.9. The van der Waals surface area contributed by atoms with Crippen molar-refractivity contribution in [3.8, 4) is 55.9 Å². The van der Waals surface area contributed by atoms with Crippen molar-refractivity contribution in [3.05, 3.63) is 259 Å². The van der Waals surface area contributed by atoms with Crippen molar-refractivity contribution >= 4 is 49.6 Å². The second kappa shape index (κ2) is 18.0. The fourth-order valence-corrected chi connectivity index (χ4v) is 12.0. The van der Waals surface area contributed by atoms with Crippen molar-refractivity contribution in [3.63, 3.8) is 0 Å². The predicted molar refractivity (Wildman–Crippen MR) is 322 cm³/mol. The number of ether oxygens (including phenoxy) is 1. The highest BCUT2D eigenvalue weighted by Gasteiger charge is 2.44. The van der Waals surface area contributed by atoms with Crippen LogP contribution in [-0.2, 0) is 16.2 Å². The van der Waals surface area contributed by atoms with Gasteiger partial charge >= 0.3 is 0 Å². The van der Waals surface area contributed by atoms with Crippen LogP contribution in [0, 0.1) is 0 Å². The Hall–Kier alpha value is -8.66. The number of hydrogen-bond donors (Lipinski definition) is 0. The van der Waals surface area contributed by atoms with Gasteiger partial charge in [-0.3, -0.25) is 0 Å². The standard InChI is InChI=1S/C73H62N2O/c1-71(2,3)52-44-51(45-53(47-52)72(4,5)6)57-30-18-22-49-23-19-33-62(68(49)57)60-28-11-13-36-65(60)74(55-41-39-48(40-42-55)59-32-21-35-64-70(59)76-67-38-15-16-43-73(64,67)7)56-27-17-24-50(46-56)58-31-20-34-63-61-29-12-14-37-66(61)75(69(58)63)54-25-9-8-10-26-54/h8-47,67H,1-7H3. The quantitative estimate of drug-likeness (QED) is 0.151.